The molecule has 0 saturated heterocycles. The quantitative estimate of drug-likeness (QED) is 0.179. The Hall–Kier alpha value is -3.92. The number of hydrogen-bond donors (Lipinski definition) is 2. The molecule has 8 heteroatoms. The Morgan fingerprint density at radius 2 is 1.52 bits per heavy atom. The summed E-state index contributed by atoms with van der Waals surface area (Å²) >= 11 is 1.54. The second kappa shape index (κ2) is 10.1. The van der Waals surface area contributed by atoms with Crippen molar-refractivity contribution in [1.29, 1.82) is 0 Å². The van der Waals surface area contributed by atoms with Crippen LogP contribution < -0.4 is 9.47 Å². The molecule has 0 aromatic heterocycles. The molecule has 5 aliphatic rings. The summed E-state index contributed by atoms with van der Waals surface area (Å²) in [5.41, 5.74) is 7.51. The lowest BCUT2D eigenvalue weighted by Gasteiger charge is -2.42. The van der Waals surface area contributed by atoms with Crippen molar-refractivity contribution in [2.75, 3.05) is 13.2 Å². The fourth-order valence-corrected chi connectivity index (χ4v) is 8.80. The lowest BCUT2D eigenvalue weighted by atomic mass is 9.60. The van der Waals surface area contributed by atoms with Crippen molar-refractivity contribution in [3.63, 3.8) is 0 Å². The summed E-state index contributed by atoms with van der Waals surface area (Å²) < 4.78 is 11.0. The van der Waals surface area contributed by atoms with Gasteiger partial charge in [-0.25, -0.2) is 0 Å². The van der Waals surface area contributed by atoms with Crippen LogP contribution in [-0.4, -0.2) is 38.8 Å². The number of aliphatic hydroxyl groups is 1. The van der Waals surface area contributed by atoms with Gasteiger partial charge in [0.15, 0.2) is 11.6 Å². The summed E-state index contributed by atoms with van der Waals surface area (Å²) in [5.74, 6) is -0.214. The van der Waals surface area contributed by atoms with Crippen molar-refractivity contribution in [1.82, 2.24) is 0 Å². The number of ketones is 2. The highest BCUT2D eigenvalue weighted by Gasteiger charge is 2.49. The normalized spacial score (nSPS) is 23.4. The number of aromatic hydroxyl groups is 1. The van der Waals surface area contributed by atoms with E-state index in [-0.39, 0.29) is 46.7 Å². The number of rotatable bonds is 3. The average Bonchev–Trinajstić information content (AvgIpc) is 3.65. The first-order valence-corrected chi connectivity index (χ1v) is 16.1. The molecule has 0 spiro atoms. The summed E-state index contributed by atoms with van der Waals surface area (Å²) in [4.78, 5) is 40.4. The molecular formula is C36H29IO7. The van der Waals surface area contributed by atoms with Gasteiger partial charge in [-0.15, -0.1) is 0 Å². The third kappa shape index (κ3) is 4.02. The third-order valence-electron chi connectivity index (χ3n) is 10.2. The molecule has 0 saturated carbocycles. The molecule has 2 N–H and O–H groups in total. The van der Waals surface area contributed by atoms with Gasteiger partial charge in [0, 0.05) is 58.9 Å². The number of aliphatic hydroxyl groups excluding tert-OH is 1. The topological polar surface area (TPSA) is 110 Å². The van der Waals surface area contributed by atoms with Crippen molar-refractivity contribution < 1.29 is 34.1 Å². The molecule has 0 amide bonds. The van der Waals surface area contributed by atoms with E-state index < -0.39 is 15.5 Å². The minimum Gasteiger partial charge on any atom is -0.511 e. The molecule has 0 bridgehead atoms. The zero-order valence-electron chi connectivity index (χ0n) is 24.0. The van der Waals surface area contributed by atoms with Crippen LogP contribution in [0.5, 0.6) is 17.2 Å². The Labute approximate surface area is 267 Å². The summed E-state index contributed by atoms with van der Waals surface area (Å²) in [5, 5.41) is 22.5. The van der Waals surface area contributed by atoms with Crippen molar-refractivity contribution in [3.8, 4) is 39.5 Å². The number of Topliss-reactive ketones (excluding diaryl/α,β-unsaturated/α-hetero) is 2. The van der Waals surface area contributed by atoms with Gasteiger partial charge in [-0.3, -0.25) is 14.4 Å². The molecule has 222 valence electrons. The Morgan fingerprint density at radius 3 is 2.16 bits per heavy atom. The fraction of sp³-hybridized carbons (Fsp3) is 0.306. The number of ether oxygens (including phenoxy) is 2. The highest BCUT2D eigenvalue weighted by molar-refractivity contribution is 14.1. The summed E-state index contributed by atoms with van der Waals surface area (Å²) in [7, 11) is 0. The van der Waals surface area contributed by atoms with Gasteiger partial charge in [0.25, 0.3) is 0 Å². The molecule has 0 fully saturated rings. The minimum absolute atomic E-state index is 0.0615. The van der Waals surface area contributed by atoms with E-state index in [9.17, 15) is 24.6 Å². The summed E-state index contributed by atoms with van der Waals surface area (Å²) in [6.45, 7) is 3.06. The van der Waals surface area contributed by atoms with Gasteiger partial charge >= 0.3 is 0 Å². The number of hydrogen-bond acceptors (Lipinski definition) is 7. The number of benzene rings is 3. The zero-order chi connectivity index (χ0) is 30.4. The van der Waals surface area contributed by atoms with Gasteiger partial charge in [0.05, 0.1) is 18.8 Å². The van der Waals surface area contributed by atoms with E-state index in [0.717, 1.165) is 57.7 Å². The zero-order valence-corrected chi connectivity index (χ0v) is 26.2. The smallest absolute Gasteiger partial charge is 0.229 e. The van der Waals surface area contributed by atoms with E-state index in [0.29, 0.717) is 42.8 Å². The lowest BCUT2D eigenvalue weighted by molar-refractivity contribution is -0.123. The minimum atomic E-state index is -0.644. The molecule has 3 aromatic rings. The molecule has 3 aliphatic carbocycles. The van der Waals surface area contributed by atoms with Crippen LogP contribution in [0.1, 0.15) is 46.8 Å². The molecule has 2 heterocycles. The van der Waals surface area contributed by atoms with Crippen LogP contribution in [0.15, 0.2) is 64.9 Å². The van der Waals surface area contributed by atoms with Gasteiger partial charge in [0.2, 0.25) is 3.79 Å². The van der Waals surface area contributed by atoms with Gasteiger partial charge in [-0.1, -0.05) is 17.7 Å². The van der Waals surface area contributed by atoms with Crippen LogP contribution in [0.4, 0.5) is 0 Å². The Balaban J connectivity index is 1.32. The maximum absolute atomic E-state index is 14.6. The van der Waals surface area contributed by atoms with E-state index in [1.54, 1.807) is 6.92 Å². The predicted octanol–water partition coefficient (Wildman–Crippen LogP) is 6.65. The van der Waals surface area contributed by atoms with Crippen LogP contribution in [0.25, 0.3) is 22.3 Å². The average molecular weight is 701 g/mol. The van der Waals surface area contributed by atoms with Crippen molar-refractivity contribution in [3.05, 3.63) is 87.2 Å². The van der Waals surface area contributed by atoms with Gasteiger partial charge in [0.1, 0.15) is 28.6 Å². The highest BCUT2D eigenvalue weighted by Crippen LogP contribution is 2.53. The first kappa shape index (κ1) is 27.6. The Kier molecular flexibility index (Phi) is 6.31. The van der Waals surface area contributed by atoms with E-state index in [1.807, 2.05) is 36.4 Å². The molecule has 44 heavy (non-hydrogen) atoms. The number of phenolic OH excluding ortho intramolecular Hbond substituents is 1. The summed E-state index contributed by atoms with van der Waals surface area (Å²) in [6.07, 6.45) is 2.87. The van der Waals surface area contributed by atoms with E-state index in [4.69, 9.17) is 9.47 Å². The second-order valence-corrected chi connectivity index (χ2v) is 13.5. The van der Waals surface area contributed by atoms with Crippen LogP contribution in [-0.2, 0) is 28.9 Å². The fourth-order valence-electron chi connectivity index (χ4n) is 8.22. The number of fused-ring (bicyclic) bond motifs is 5. The van der Waals surface area contributed by atoms with Crippen LogP contribution in [0.2, 0.25) is 0 Å². The maximum Gasteiger partial charge on any atom is 0.229 e. The van der Waals surface area contributed by atoms with Crippen LogP contribution in [0.3, 0.4) is 0 Å². The second-order valence-electron chi connectivity index (χ2n) is 12.5. The molecule has 0 radical (unpaired) electrons. The van der Waals surface area contributed by atoms with Crippen molar-refractivity contribution in [2.24, 2.45) is 17.8 Å². The molecule has 3 atom stereocenters. The van der Waals surface area contributed by atoms with Crippen LogP contribution >= 0.6 is 22.6 Å². The first-order chi connectivity index (χ1) is 21.2. The lowest BCUT2D eigenvalue weighted by Crippen LogP contribution is -2.41. The first-order valence-electron chi connectivity index (χ1n) is 15.0. The van der Waals surface area contributed by atoms with Gasteiger partial charge in [-0.2, -0.15) is 0 Å². The highest BCUT2D eigenvalue weighted by atomic mass is 127. The van der Waals surface area contributed by atoms with E-state index in [1.165, 1.54) is 22.6 Å². The molecular weight excluding hydrogens is 671 g/mol. The van der Waals surface area contributed by atoms with Crippen LogP contribution in [0, 0.1) is 17.8 Å². The van der Waals surface area contributed by atoms with Crippen molar-refractivity contribution >= 4 is 37.9 Å². The summed E-state index contributed by atoms with van der Waals surface area (Å²) in [6, 6.07) is 14.0. The number of carbonyl (C=O) groups excluding carboxylic acids is 3. The SMILES string of the molecule is CC1=C2C(=O)c3c(O)c(-c4ccc5c(c4)CCO5)cc(-c4ccc5c(c4)CCO5)c3C[C@H]2CC2CC(O)=C(C(=O)I)C(=O)C12. The Morgan fingerprint density at radius 1 is 0.886 bits per heavy atom. The molecule has 3 aromatic carbocycles. The predicted molar refractivity (Wildman–Crippen MR) is 172 cm³/mol. The molecule has 2 aliphatic heterocycles. The van der Waals surface area contributed by atoms with Crippen molar-refractivity contribution in [2.45, 2.75) is 39.0 Å². The number of phenols is 1. The largest absolute Gasteiger partial charge is 0.511 e. The number of carbonyl (C=O) groups is 3. The Bertz CT molecular complexity index is 1920. The molecule has 8 rings (SSSR count). The van der Waals surface area contributed by atoms with E-state index >= 15 is 0 Å². The molecule has 7 nitrogen and oxygen atoms in total. The number of halogens is 1. The van der Waals surface area contributed by atoms with Gasteiger partial charge in [-0.05, 0) is 95.3 Å². The maximum atomic E-state index is 14.6. The number of allylic oxidation sites excluding steroid dienone is 4. The standard InChI is InChI=1S/C36H29IO7/c1-16-29-21(12-22-14-26(38)32(36(37)42)35(41)30(16)22)13-25-23(17-2-4-27-19(10-17)6-8-43-27)15-24(33(39)31(25)34(29)40)18-3-5-28-20(11-18)7-9-44-28/h2-5,10-11,15,21-22,30,38-39H,6-9,12-14H2,1H3/t21-,22?,30?/m1/s1. The monoisotopic (exact) mass is 700 g/mol. The van der Waals surface area contributed by atoms with E-state index in [2.05, 4.69) is 6.07 Å². The van der Waals surface area contributed by atoms with Gasteiger partial charge < -0.3 is 19.7 Å². The third-order valence-corrected chi connectivity index (χ3v) is 10.7. The molecule has 2 unspecified atom stereocenters.